The minimum atomic E-state index is -4.96. The van der Waals surface area contributed by atoms with Crippen LogP contribution < -0.4 is 0 Å². The third kappa shape index (κ3) is 72.8. The van der Waals surface area contributed by atoms with Crippen LogP contribution in [0, 0.1) is 5.92 Å². The van der Waals surface area contributed by atoms with Gasteiger partial charge in [-0.2, -0.15) is 0 Å². The van der Waals surface area contributed by atoms with Gasteiger partial charge in [-0.3, -0.25) is 37.3 Å². The molecule has 6 atom stereocenters. The van der Waals surface area contributed by atoms with Crippen molar-refractivity contribution in [2.45, 2.75) is 445 Å². The molecule has 0 amide bonds. The summed E-state index contributed by atoms with van der Waals surface area (Å²) in [7, 11) is -9.92. The average molecular weight is 1450 g/mol. The van der Waals surface area contributed by atoms with Crippen LogP contribution in [0.25, 0.3) is 0 Å². The third-order valence-electron chi connectivity index (χ3n) is 19.1. The minimum absolute atomic E-state index is 0.107. The zero-order chi connectivity index (χ0) is 72.7. The summed E-state index contributed by atoms with van der Waals surface area (Å²) in [6.07, 6.45) is 63.5. The van der Waals surface area contributed by atoms with E-state index < -0.39 is 97.5 Å². The summed E-state index contributed by atoms with van der Waals surface area (Å²) in [5, 5.41) is 10.6. The van der Waals surface area contributed by atoms with E-state index in [1.807, 2.05) is 0 Å². The highest BCUT2D eigenvalue weighted by Crippen LogP contribution is 2.45. The molecule has 17 nitrogen and oxygen atoms in total. The van der Waals surface area contributed by atoms with Gasteiger partial charge in [0.15, 0.2) is 12.2 Å². The standard InChI is InChI=1S/C80H156O17P2/c1-6-10-13-16-19-22-25-28-30-32-35-38-44-49-54-59-64-78(83)91-69-75(96-79(84)65-60-55-50-45-39-36-33-31-29-26-23-20-17-14-11-7-2)71-94-98(86,87)92-67-74(81)68-93-99(88,89)95-72-76(70-90-77(82)63-58-53-48-43-37-34-27-24-21-18-15-12-8-3)97-80(85)66-61-56-51-46-41-40-42-47-52-57-62-73(5)9-4/h73-76,81H,6-72H2,1-5H3,(H,86,87)(H,88,89)/t73?,74-,75-,76-/m1/s1. The van der Waals surface area contributed by atoms with Gasteiger partial charge in [0.05, 0.1) is 26.4 Å². The van der Waals surface area contributed by atoms with Crippen molar-refractivity contribution < 1.29 is 80.2 Å². The highest BCUT2D eigenvalue weighted by Gasteiger charge is 2.30. The van der Waals surface area contributed by atoms with Gasteiger partial charge >= 0.3 is 39.5 Å². The summed E-state index contributed by atoms with van der Waals surface area (Å²) in [6, 6.07) is 0. The Bertz CT molecular complexity index is 1890. The zero-order valence-corrected chi connectivity index (χ0v) is 66.4. The number of phosphoric ester groups is 2. The molecule has 0 spiro atoms. The highest BCUT2D eigenvalue weighted by atomic mass is 31.2. The first kappa shape index (κ1) is 97.1. The van der Waals surface area contributed by atoms with Crippen molar-refractivity contribution >= 4 is 39.5 Å². The first-order valence-electron chi connectivity index (χ1n) is 41.7. The number of aliphatic hydroxyl groups excluding tert-OH is 1. The number of ether oxygens (including phenoxy) is 4. The lowest BCUT2D eigenvalue weighted by Gasteiger charge is -2.21. The minimum Gasteiger partial charge on any atom is -0.462 e. The summed E-state index contributed by atoms with van der Waals surface area (Å²) in [4.78, 5) is 73.0. The summed E-state index contributed by atoms with van der Waals surface area (Å²) in [5.74, 6) is -1.30. The highest BCUT2D eigenvalue weighted by molar-refractivity contribution is 7.47. The lowest BCUT2D eigenvalue weighted by Crippen LogP contribution is -2.30. The Morgan fingerprint density at radius 2 is 0.485 bits per heavy atom. The number of hydrogen-bond donors (Lipinski definition) is 3. The van der Waals surface area contributed by atoms with Gasteiger partial charge in [-0.1, -0.05) is 375 Å². The van der Waals surface area contributed by atoms with E-state index in [0.29, 0.717) is 25.7 Å². The van der Waals surface area contributed by atoms with Crippen LogP contribution in [-0.2, 0) is 65.4 Å². The van der Waals surface area contributed by atoms with Crippen molar-refractivity contribution in [1.82, 2.24) is 0 Å². The molecule has 0 bridgehead atoms. The fourth-order valence-electron chi connectivity index (χ4n) is 12.4. The van der Waals surface area contributed by atoms with Gasteiger partial charge in [-0.05, 0) is 31.6 Å². The smallest absolute Gasteiger partial charge is 0.462 e. The molecule has 0 rings (SSSR count). The molecule has 0 radical (unpaired) electrons. The van der Waals surface area contributed by atoms with E-state index in [-0.39, 0.29) is 25.7 Å². The second-order valence-corrected chi connectivity index (χ2v) is 32.0. The number of unbranched alkanes of at least 4 members (excludes halogenated alkanes) is 51. The topological polar surface area (TPSA) is 237 Å². The zero-order valence-electron chi connectivity index (χ0n) is 64.6. The second kappa shape index (κ2) is 73.0. The lowest BCUT2D eigenvalue weighted by atomic mass is 9.99. The van der Waals surface area contributed by atoms with E-state index in [0.717, 1.165) is 95.8 Å². The second-order valence-electron chi connectivity index (χ2n) is 29.1. The number of hydrogen-bond acceptors (Lipinski definition) is 15. The molecule has 0 aromatic carbocycles. The SMILES string of the molecule is CCCCCCCCCCCCCCCCCCC(=O)OC[C@H](COP(=O)(O)OC[C@@H](O)COP(=O)(O)OC[C@@H](COC(=O)CCCCCCCCCCCCCCC)OC(=O)CCCCCCCCCCCCC(C)CC)OC(=O)CCCCCCCCCCCCCCCCCC. The predicted molar refractivity (Wildman–Crippen MR) is 405 cm³/mol. The van der Waals surface area contributed by atoms with Crippen LogP contribution in [0.1, 0.15) is 426 Å². The molecular formula is C80H156O17P2. The Hall–Kier alpha value is -1.94. The van der Waals surface area contributed by atoms with Gasteiger partial charge in [0.1, 0.15) is 19.3 Å². The quantitative estimate of drug-likeness (QED) is 0.0222. The van der Waals surface area contributed by atoms with Gasteiger partial charge in [0.25, 0.3) is 0 Å². The molecule has 588 valence electrons. The molecule has 19 heteroatoms. The molecule has 0 saturated heterocycles. The number of rotatable bonds is 80. The molecule has 0 aliphatic heterocycles. The maximum atomic E-state index is 13.1. The maximum absolute atomic E-state index is 13.1. The number of aliphatic hydroxyl groups is 1. The summed E-state index contributed by atoms with van der Waals surface area (Å²) < 4.78 is 68.7. The summed E-state index contributed by atoms with van der Waals surface area (Å²) in [5.41, 5.74) is 0. The molecular weight excluding hydrogens is 1290 g/mol. The number of esters is 4. The molecule has 0 aliphatic carbocycles. The summed E-state index contributed by atoms with van der Waals surface area (Å²) in [6.45, 7) is 7.36. The Kier molecular flexibility index (Phi) is 71.6. The van der Waals surface area contributed by atoms with Crippen molar-refractivity contribution in [2.75, 3.05) is 39.6 Å². The molecule has 0 aromatic rings. The number of carbonyl (C=O) groups is 4. The van der Waals surface area contributed by atoms with Gasteiger partial charge in [-0.25, -0.2) is 9.13 Å². The number of carbonyl (C=O) groups excluding carboxylic acids is 4. The van der Waals surface area contributed by atoms with Crippen LogP contribution in [0.4, 0.5) is 0 Å². The lowest BCUT2D eigenvalue weighted by molar-refractivity contribution is -0.161. The van der Waals surface area contributed by atoms with E-state index in [2.05, 4.69) is 34.6 Å². The molecule has 3 N–H and O–H groups in total. The van der Waals surface area contributed by atoms with E-state index in [9.17, 15) is 43.2 Å². The molecule has 0 aliphatic rings. The van der Waals surface area contributed by atoms with Crippen molar-refractivity contribution in [3.63, 3.8) is 0 Å². The normalized spacial score (nSPS) is 14.1. The van der Waals surface area contributed by atoms with E-state index in [4.69, 9.17) is 37.0 Å². The average Bonchev–Trinajstić information content (AvgIpc) is 1.79. The monoisotopic (exact) mass is 1450 g/mol. The molecule has 99 heavy (non-hydrogen) atoms. The molecule has 0 heterocycles. The van der Waals surface area contributed by atoms with Gasteiger partial charge in [0.2, 0.25) is 0 Å². The first-order valence-corrected chi connectivity index (χ1v) is 44.7. The van der Waals surface area contributed by atoms with E-state index in [1.165, 1.54) is 250 Å². The Morgan fingerprint density at radius 3 is 0.717 bits per heavy atom. The van der Waals surface area contributed by atoms with Gasteiger partial charge in [-0.15, -0.1) is 0 Å². The fraction of sp³-hybridized carbons (Fsp3) is 0.950. The third-order valence-corrected chi connectivity index (χ3v) is 21.0. The first-order chi connectivity index (χ1) is 48.1. The summed E-state index contributed by atoms with van der Waals surface area (Å²) >= 11 is 0. The van der Waals surface area contributed by atoms with Crippen LogP contribution in [0.5, 0.6) is 0 Å². The van der Waals surface area contributed by atoms with E-state index in [1.54, 1.807) is 0 Å². The van der Waals surface area contributed by atoms with Crippen LogP contribution in [0.15, 0.2) is 0 Å². The molecule has 0 fully saturated rings. The van der Waals surface area contributed by atoms with Crippen molar-refractivity contribution in [3.8, 4) is 0 Å². The fourth-order valence-corrected chi connectivity index (χ4v) is 14.0. The Labute approximate surface area is 607 Å². The van der Waals surface area contributed by atoms with Crippen LogP contribution in [0.2, 0.25) is 0 Å². The van der Waals surface area contributed by atoms with Gasteiger partial charge in [0, 0.05) is 25.7 Å². The number of phosphoric acid groups is 2. The Morgan fingerprint density at radius 1 is 0.283 bits per heavy atom. The van der Waals surface area contributed by atoms with Crippen molar-refractivity contribution in [3.05, 3.63) is 0 Å². The molecule has 0 aromatic heterocycles. The van der Waals surface area contributed by atoms with Crippen LogP contribution in [-0.4, -0.2) is 96.7 Å². The van der Waals surface area contributed by atoms with Crippen molar-refractivity contribution in [1.29, 1.82) is 0 Å². The van der Waals surface area contributed by atoms with Crippen molar-refractivity contribution in [2.24, 2.45) is 5.92 Å². The largest absolute Gasteiger partial charge is 0.472 e. The Balaban J connectivity index is 5.27. The van der Waals surface area contributed by atoms with E-state index >= 15 is 0 Å². The van der Waals surface area contributed by atoms with Crippen LogP contribution >= 0.6 is 15.6 Å². The van der Waals surface area contributed by atoms with Crippen LogP contribution in [0.3, 0.4) is 0 Å². The predicted octanol–water partition coefficient (Wildman–Crippen LogP) is 24.0. The molecule has 3 unspecified atom stereocenters. The van der Waals surface area contributed by atoms with Gasteiger partial charge < -0.3 is 33.8 Å². The maximum Gasteiger partial charge on any atom is 0.472 e. The molecule has 0 saturated carbocycles.